The van der Waals surface area contributed by atoms with Gasteiger partial charge in [-0.1, -0.05) is 40.2 Å². The van der Waals surface area contributed by atoms with Gasteiger partial charge < -0.3 is 9.64 Å². The van der Waals surface area contributed by atoms with Crippen LogP contribution in [0, 0.1) is 0 Å². The summed E-state index contributed by atoms with van der Waals surface area (Å²) in [7, 11) is 3.73. The Morgan fingerprint density at radius 2 is 1.76 bits per heavy atom. The van der Waals surface area contributed by atoms with Crippen molar-refractivity contribution in [2.45, 2.75) is 0 Å². The smallest absolute Gasteiger partial charge is 0.264 e. The fraction of sp³-hybridized carbons (Fsp3) is 0.154. The zero-order valence-electron chi connectivity index (χ0n) is 9.61. The predicted molar refractivity (Wildman–Crippen MR) is 78.6 cm³/mol. The van der Waals surface area contributed by atoms with Crippen LogP contribution in [0.3, 0.4) is 0 Å². The van der Waals surface area contributed by atoms with Crippen molar-refractivity contribution in [1.29, 1.82) is 0 Å². The number of hydrogen-bond acceptors (Lipinski definition) is 2. The van der Waals surface area contributed by atoms with Crippen molar-refractivity contribution in [3.05, 3.63) is 40.9 Å². The molecule has 0 aromatic heterocycles. The molecule has 0 aliphatic carbocycles. The van der Waals surface area contributed by atoms with E-state index in [0.717, 1.165) is 21.0 Å². The second kappa shape index (κ2) is 5.02. The van der Waals surface area contributed by atoms with Crippen LogP contribution in [0.4, 0.5) is 0 Å². The lowest BCUT2D eigenvalue weighted by atomic mass is 10.1. The summed E-state index contributed by atoms with van der Waals surface area (Å²) in [6.45, 7) is 0. The number of nitrogens with zero attached hydrogens (tertiary/aromatic N) is 1. The molecule has 0 radical (unpaired) electrons. The molecule has 0 N–H and O–H groups in total. The van der Waals surface area contributed by atoms with Gasteiger partial charge in [-0.25, -0.2) is 0 Å². The van der Waals surface area contributed by atoms with Gasteiger partial charge in [-0.15, -0.1) is 0 Å². The maximum atomic E-state index is 5.68. The quantitative estimate of drug-likeness (QED) is 0.743. The number of thiocarbonyl (C=S) groups is 1. The lowest BCUT2D eigenvalue weighted by Gasteiger charge is -2.15. The first-order valence-electron chi connectivity index (χ1n) is 5.16. The first-order valence-corrected chi connectivity index (χ1v) is 6.36. The van der Waals surface area contributed by atoms with Crippen molar-refractivity contribution in [1.82, 2.24) is 4.90 Å². The monoisotopic (exact) mass is 309 g/mol. The fourth-order valence-corrected chi connectivity index (χ4v) is 2.08. The molecule has 0 fully saturated rings. The topological polar surface area (TPSA) is 12.5 Å². The van der Waals surface area contributed by atoms with Crippen molar-refractivity contribution >= 4 is 44.1 Å². The van der Waals surface area contributed by atoms with Gasteiger partial charge in [-0.3, -0.25) is 0 Å². The highest BCUT2D eigenvalue weighted by molar-refractivity contribution is 9.10. The molecule has 2 aromatic carbocycles. The fourth-order valence-electron chi connectivity index (χ4n) is 1.51. The van der Waals surface area contributed by atoms with Gasteiger partial charge in [0.25, 0.3) is 5.17 Å². The van der Waals surface area contributed by atoms with E-state index in [2.05, 4.69) is 15.9 Å². The van der Waals surface area contributed by atoms with Crippen LogP contribution in [0.2, 0.25) is 0 Å². The van der Waals surface area contributed by atoms with Gasteiger partial charge in [-0.05, 0) is 29.7 Å². The minimum atomic E-state index is 0.456. The Balaban J connectivity index is 2.48. The Bertz CT molecular complexity index is 568. The molecule has 2 aromatic rings. The number of rotatable bonds is 1. The van der Waals surface area contributed by atoms with Crippen molar-refractivity contribution in [3.8, 4) is 5.75 Å². The summed E-state index contributed by atoms with van der Waals surface area (Å²) in [5.41, 5.74) is 0. The third-order valence-corrected chi connectivity index (χ3v) is 3.53. The van der Waals surface area contributed by atoms with Crippen LogP contribution in [0.1, 0.15) is 0 Å². The Kier molecular flexibility index (Phi) is 3.64. The average molecular weight is 310 g/mol. The van der Waals surface area contributed by atoms with Crippen molar-refractivity contribution < 1.29 is 4.74 Å². The summed E-state index contributed by atoms with van der Waals surface area (Å²) >= 11 is 8.68. The predicted octanol–water partition coefficient (Wildman–Crippen LogP) is 3.83. The highest BCUT2D eigenvalue weighted by Crippen LogP contribution is 2.31. The highest BCUT2D eigenvalue weighted by atomic mass is 79.9. The third-order valence-electron chi connectivity index (χ3n) is 2.39. The van der Waals surface area contributed by atoms with Crippen LogP contribution < -0.4 is 4.74 Å². The maximum absolute atomic E-state index is 5.68. The molecule has 17 heavy (non-hydrogen) atoms. The molecular formula is C13H12BrNOS. The minimum absolute atomic E-state index is 0.456. The van der Waals surface area contributed by atoms with E-state index in [1.807, 2.05) is 50.5 Å². The molecule has 0 aliphatic heterocycles. The van der Waals surface area contributed by atoms with Crippen molar-refractivity contribution in [2.75, 3.05) is 14.1 Å². The van der Waals surface area contributed by atoms with Crippen molar-refractivity contribution in [2.24, 2.45) is 0 Å². The Morgan fingerprint density at radius 3 is 2.41 bits per heavy atom. The maximum Gasteiger partial charge on any atom is 0.264 e. The molecule has 2 rings (SSSR count). The zero-order valence-corrected chi connectivity index (χ0v) is 12.0. The molecule has 0 saturated heterocycles. The number of hydrogen-bond donors (Lipinski definition) is 0. The molecule has 0 saturated carbocycles. The molecule has 0 atom stereocenters. The van der Waals surface area contributed by atoms with Gasteiger partial charge in [0, 0.05) is 24.0 Å². The van der Waals surface area contributed by atoms with E-state index >= 15 is 0 Å². The summed E-state index contributed by atoms with van der Waals surface area (Å²) in [5, 5.41) is 2.62. The molecule has 0 amide bonds. The molecular weight excluding hydrogens is 298 g/mol. The van der Waals surface area contributed by atoms with Gasteiger partial charge in [0.1, 0.15) is 5.75 Å². The molecule has 88 valence electrons. The van der Waals surface area contributed by atoms with Crippen LogP contribution in [-0.2, 0) is 0 Å². The van der Waals surface area contributed by atoms with E-state index < -0.39 is 0 Å². The van der Waals surface area contributed by atoms with Gasteiger partial charge in [-0.2, -0.15) is 0 Å². The second-order valence-electron chi connectivity index (χ2n) is 3.85. The molecule has 0 unspecified atom stereocenters. The van der Waals surface area contributed by atoms with Gasteiger partial charge >= 0.3 is 0 Å². The molecule has 2 nitrogen and oxygen atoms in total. The van der Waals surface area contributed by atoms with Gasteiger partial charge in [0.2, 0.25) is 0 Å². The normalized spacial score (nSPS) is 10.3. The summed E-state index contributed by atoms with van der Waals surface area (Å²) in [6.07, 6.45) is 0. The first-order chi connectivity index (χ1) is 8.09. The van der Waals surface area contributed by atoms with Crippen LogP contribution in [-0.4, -0.2) is 24.2 Å². The van der Waals surface area contributed by atoms with Crippen LogP contribution in [0.5, 0.6) is 5.75 Å². The van der Waals surface area contributed by atoms with E-state index in [-0.39, 0.29) is 0 Å². The standard InChI is InChI=1S/C13H12BrNOS/c1-15(2)13(17)16-12-8-7-11(14)9-5-3-4-6-10(9)12/h3-8H,1-2H3. The lowest BCUT2D eigenvalue weighted by Crippen LogP contribution is -2.25. The SMILES string of the molecule is CN(C)C(=S)Oc1ccc(Br)c2ccccc12. The van der Waals surface area contributed by atoms with E-state index in [1.54, 1.807) is 4.90 Å². The lowest BCUT2D eigenvalue weighted by molar-refractivity contribution is 0.453. The molecule has 0 spiro atoms. The molecule has 0 bridgehead atoms. The second-order valence-corrected chi connectivity index (χ2v) is 5.06. The largest absolute Gasteiger partial charge is 0.431 e. The Labute approximate surface area is 114 Å². The van der Waals surface area contributed by atoms with E-state index in [4.69, 9.17) is 17.0 Å². The summed E-state index contributed by atoms with van der Waals surface area (Å²) in [4.78, 5) is 1.77. The van der Waals surface area contributed by atoms with Gasteiger partial charge in [0.05, 0.1) is 0 Å². The molecule has 0 heterocycles. The van der Waals surface area contributed by atoms with Crippen molar-refractivity contribution in [3.63, 3.8) is 0 Å². The van der Waals surface area contributed by atoms with E-state index in [9.17, 15) is 0 Å². The first kappa shape index (κ1) is 12.3. The summed E-state index contributed by atoms with van der Waals surface area (Å²) in [5.74, 6) is 0.780. The number of fused-ring (bicyclic) bond motifs is 1. The van der Waals surface area contributed by atoms with Crippen LogP contribution >= 0.6 is 28.1 Å². The number of ether oxygens (including phenoxy) is 1. The number of halogens is 1. The van der Waals surface area contributed by atoms with Crippen LogP contribution in [0.25, 0.3) is 10.8 Å². The Hall–Kier alpha value is -1.13. The summed E-state index contributed by atoms with van der Waals surface area (Å²) in [6, 6.07) is 11.9. The molecule has 4 heteroatoms. The average Bonchev–Trinajstić information content (AvgIpc) is 2.33. The Morgan fingerprint density at radius 1 is 1.12 bits per heavy atom. The number of benzene rings is 2. The third kappa shape index (κ3) is 2.58. The molecule has 0 aliphatic rings. The minimum Gasteiger partial charge on any atom is -0.431 e. The van der Waals surface area contributed by atoms with E-state index in [1.165, 1.54) is 0 Å². The highest BCUT2D eigenvalue weighted by Gasteiger charge is 2.08. The van der Waals surface area contributed by atoms with E-state index in [0.29, 0.717) is 5.17 Å². The van der Waals surface area contributed by atoms with Crippen LogP contribution in [0.15, 0.2) is 40.9 Å². The zero-order chi connectivity index (χ0) is 12.4. The summed E-state index contributed by atoms with van der Waals surface area (Å²) < 4.78 is 6.73. The van der Waals surface area contributed by atoms with Gasteiger partial charge in [0.15, 0.2) is 0 Å².